The summed E-state index contributed by atoms with van der Waals surface area (Å²) in [6.45, 7) is 3.71. The van der Waals surface area contributed by atoms with Gasteiger partial charge in [-0.1, -0.05) is 23.8 Å². The number of thiophene rings is 1. The molecule has 2 aliphatic heterocycles. The summed E-state index contributed by atoms with van der Waals surface area (Å²) in [6, 6.07) is 11.1. The van der Waals surface area contributed by atoms with Gasteiger partial charge in [-0.25, -0.2) is 0 Å². The zero-order valence-corrected chi connectivity index (χ0v) is 18.3. The Morgan fingerprint density at radius 2 is 1.90 bits per heavy atom. The SMILES string of the molecule is Cc1ccc(N2C(=O)CC[C@@H](C(=O)OCC(=O)N3CCOCC3)[C@H]2c2cccs2)cc1. The zero-order chi connectivity index (χ0) is 21.8. The van der Waals surface area contributed by atoms with E-state index < -0.39 is 17.9 Å². The smallest absolute Gasteiger partial charge is 0.311 e. The van der Waals surface area contributed by atoms with Gasteiger partial charge in [0.1, 0.15) is 0 Å². The Balaban J connectivity index is 1.54. The van der Waals surface area contributed by atoms with Gasteiger partial charge in [0.05, 0.1) is 25.2 Å². The van der Waals surface area contributed by atoms with Crippen molar-refractivity contribution in [1.82, 2.24) is 4.90 Å². The molecule has 2 aliphatic rings. The summed E-state index contributed by atoms with van der Waals surface area (Å²) < 4.78 is 10.7. The van der Waals surface area contributed by atoms with Crippen LogP contribution in [-0.2, 0) is 23.9 Å². The van der Waals surface area contributed by atoms with E-state index in [9.17, 15) is 14.4 Å². The molecule has 31 heavy (non-hydrogen) atoms. The van der Waals surface area contributed by atoms with E-state index in [1.54, 1.807) is 9.80 Å². The second-order valence-electron chi connectivity index (χ2n) is 7.81. The van der Waals surface area contributed by atoms with Gasteiger partial charge in [-0.2, -0.15) is 0 Å². The Labute approximate surface area is 185 Å². The molecule has 1 aromatic carbocycles. The number of rotatable bonds is 5. The molecule has 164 valence electrons. The van der Waals surface area contributed by atoms with Crippen molar-refractivity contribution in [3.63, 3.8) is 0 Å². The predicted molar refractivity (Wildman–Crippen MR) is 117 cm³/mol. The maximum atomic E-state index is 13.1. The third-order valence-corrected chi connectivity index (χ3v) is 6.69. The first-order valence-electron chi connectivity index (χ1n) is 10.5. The molecular weight excluding hydrogens is 416 g/mol. The van der Waals surface area contributed by atoms with E-state index in [0.29, 0.717) is 32.7 Å². The van der Waals surface area contributed by atoms with Gasteiger partial charge in [0.2, 0.25) is 5.91 Å². The fourth-order valence-electron chi connectivity index (χ4n) is 4.08. The van der Waals surface area contributed by atoms with Gasteiger partial charge in [-0.3, -0.25) is 14.4 Å². The Kier molecular flexibility index (Phi) is 6.67. The molecule has 2 atom stereocenters. The second kappa shape index (κ2) is 9.62. The molecule has 0 unspecified atom stereocenters. The number of benzene rings is 1. The van der Waals surface area contributed by atoms with Gasteiger partial charge < -0.3 is 19.3 Å². The number of morpholine rings is 1. The van der Waals surface area contributed by atoms with Gasteiger partial charge in [0.25, 0.3) is 5.91 Å². The first-order valence-corrected chi connectivity index (χ1v) is 11.4. The number of ether oxygens (including phenoxy) is 2. The summed E-state index contributed by atoms with van der Waals surface area (Å²) in [4.78, 5) is 42.7. The van der Waals surface area contributed by atoms with Crippen LogP contribution in [0.5, 0.6) is 0 Å². The van der Waals surface area contributed by atoms with Gasteiger partial charge in [-0.15, -0.1) is 11.3 Å². The molecule has 0 N–H and O–H groups in total. The molecule has 2 aromatic rings. The van der Waals surface area contributed by atoms with Crippen molar-refractivity contribution in [2.24, 2.45) is 5.92 Å². The van der Waals surface area contributed by atoms with Gasteiger partial charge in [0.15, 0.2) is 6.61 Å². The number of aryl methyl sites for hydroxylation is 1. The highest BCUT2D eigenvalue weighted by Crippen LogP contribution is 2.42. The summed E-state index contributed by atoms with van der Waals surface area (Å²) in [5.41, 5.74) is 1.86. The predicted octanol–water partition coefficient (Wildman–Crippen LogP) is 2.94. The molecule has 4 rings (SSSR count). The quantitative estimate of drug-likeness (QED) is 0.666. The van der Waals surface area contributed by atoms with Crippen LogP contribution < -0.4 is 4.90 Å². The largest absolute Gasteiger partial charge is 0.455 e. The summed E-state index contributed by atoms with van der Waals surface area (Å²) in [5.74, 6) is -1.21. The highest BCUT2D eigenvalue weighted by molar-refractivity contribution is 7.10. The Bertz CT molecular complexity index is 922. The van der Waals surface area contributed by atoms with Gasteiger partial charge in [-0.05, 0) is 36.9 Å². The van der Waals surface area contributed by atoms with Crippen LogP contribution in [-0.4, -0.2) is 55.6 Å². The number of amides is 2. The average Bonchev–Trinajstić information content (AvgIpc) is 3.33. The highest BCUT2D eigenvalue weighted by atomic mass is 32.1. The Hall–Kier alpha value is -2.71. The third-order valence-electron chi connectivity index (χ3n) is 5.75. The van der Waals surface area contributed by atoms with Crippen LogP contribution in [0, 0.1) is 12.8 Å². The van der Waals surface area contributed by atoms with Crippen molar-refractivity contribution in [2.45, 2.75) is 25.8 Å². The molecule has 7 nitrogen and oxygen atoms in total. The van der Waals surface area contributed by atoms with E-state index in [4.69, 9.17) is 9.47 Å². The lowest BCUT2D eigenvalue weighted by molar-refractivity contribution is -0.158. The van der Waals surface area contributed by atoms with Crippen LogP contribution in [0.15, 0.2) is 41.8 Å². The van der Waals surface area contributed by atoms with E-state index in [1.165, 1.54) is 11.3 Å². The fourth-order valence-corrected chi connectivity index (χ4v) is 4.96. The third kappa shape index (κ3) is 4.80. The number of esters is 1. The van der Waals surface area contributed by atoms with E-state index in [0.717, 1.165) is 16.1 Å². The van der Waals surface area contributed by atoms with Crippen LogP contribution in [0.25, 0.3) is 0 Å². The molecule has 8 heteroatoms. The lowest BCUT2D eigenvalue weighted by Gasteiger charge is -2.39. The number of carbonyl (C=O) groups excluding carboxylic acids is 3. The molecule has 0 aliphatic carbocycles. The number of piperidine rings is 1. The van der Waals surface area contributed by atoms with Crippen molar-refractivity contribution in [3.05, 3.63) is 52.2 Å². The van der Waals surface area contributed by atoms with E-state index in [2.05, 4.69) is 0 Å². The maximum Gasteiger partial charge on any atom is 0.311 e. The van der Waals surface area contributed by atoms with Crippen LogP contribution >= 0.6 is 11.3 Å². The highest BCUT2D eigenvalue weighted by Gasteiger charge is 2.43. The van der Waals surface area contributed by atoms with Crippen molar-refractivity contribution >= 4 is 34.8 Å². The lowest BCUT2D eigenvalue weighted by atomic mass is 9.87. The molecule has 0 bridgehead atoms. The molecule has 2 saturated heterocycles. The molecular formula is C23H26N2O5S. The molecule has 0 spiro atoms. The minimum absolute atomic E-state index is 0.0179. The number of anilines is 1. The summed E-state index contributed by atoms with van der Waals surface area (Å²) in [7, 11) is 0. The number of hydrogen-bond acceptors (Lipinski definition) is 6. The van der Waals surface area contributed by atoms with E-state index in [-0.39, 0.29) is 24.8 Å². The minimum atomic E-state index is -0.532. The summed E-state index contributed by atoms with van der Waals surface area (Å²) in [5, 5.41) is 1.94. The first-order chi connectivity index (χ1) is 15.0. The van der Waals surface area contributed by atoms with Crippen LogP contribution in [0.2, 0.25) is 0 Å². The van der Waals surface area contributed by atoms with Gasteiger partial charge in [0, 0.05) is 30.1 Å². The number of carbonyl (C=O) groups is 3. The van der Waals surface area contributed by atoms with E-state index in [1.807, 2.05) is 48.7 Å². The standard InChI is InChI=1S/C23H26N2O5S/c1-16-4-6-17(7-5-16)25-20(26)9-8-18(22(25)19-3-2-14-31-19)23(28)30-15-21(27)24-10-12-29-13-11-24/h2-7,14,18,22H,8-13,15H2,1H3/t18-,22+/m1/s1. The minimum Gasteiger partial charge on any atom is -0.455 e. The molecule has 1 aromatic heterocycles. The Morgan fingerprint density at radius 3 is 2.58 bits per heavy atom. The fraction of sp³-hybridized carbons (Fsp3) is 0.435. The van der Waals surface area contributed by atoms with E-state index >= 15 is 0 Å². The normalized spacial score (nSPS) is 21.8. The van der Waals surface area contributed by atoms with Crippen LogP contribution in [0.1, 0.15) is 29.3 Å². The van der Waals surface area contributed by atoms with Crippen molar-refractivity contribution in [3.8, 4) is 0 Å². The topological polar surface area (TPSA) is 76.2 Å². The molecule has 0 saturated carbocycles. The second-order valence-corrected chi connectivity index (χ2v) is 8.78. The molecule has 2 fully saturated rings. The maximum absolute atomic E-state index is 13.1. The zero-order valence-electron chi connectivity index (χ0n) is 17.5. The van der Waals surface area contributed by atoms with Crippen LogP contribution in [0.4, 0.5) is 5.69 Å². The van der Waals surface area contributed by atoms with Crippen LogP contribution in [0.3, 0.4) is 0 Å². The molecule has 3 heterocycles. The monoisotopic (exact) mass is 442 g/mol. The van der Waals surface area contributed by atoms with Crippen molar-refractivity contribution in [2.75, 3.05) is 37.8 Å². The average molecular weight is 443 g/mol. The lowest BCUT2D eigenvalue weighted by Crippen LogP contribution is -2.47. The number of nitrogens with zero attached hydrogens (tertiary/aromatic N) is 2. The first kappa shape index (κ1) is 21.5. The summed E-state index contributed by atoms with van der Waals surface area (Å²) >= 11 is 1.51. The van der Waals surface area contributed by atoms with Crippen molar-refractivity contribution in [1.29, 1.82) is 0 Å². The Morgan fingerprint density at radius 1 is 1.16 bits per heavy atom. The van der Waals surface area contributed by atoms with Crippen molar-refractivity contribution < 1.29 is 23.9 Å². The van der Waals surface area contributed by atoms with Gasteiger partial charge >= 0.3 is 5.97 Å². The molecule has 0 radical (unpaired) electrons. The molecule has 2 amide bonds. The summed E-state index contributed by atoms with van der Waals surface area (Å²) in [6.07, 6.45) is 0.654. The number of hydrogen-bond donors (Lipinski definition) is 0.